The van der Waals surface area contributed by atoms with Crippen molar-refractivity contribution >= 4 is 32.4 Å². The van der Waals surface area contributed by atoms with Gasteiger partial charge in [-0.25, -0.2) is 8.78 Å². The van der Waals surface area contributed by atoms with Gasteiger partial charge in [-0.05, 0) is 40.2 Å². The van der Waals surface area contributed by atoms with Gasteiger partial charge in [0, 0.05) is 11.3 Å². The SMILES string of the molecule is Nc1ccccc1S(=O)Cc1c(F)ccc(Br)c1F. The molecule has 0 fully saturated rings. The van der Waals surface area contributed by atoms with E-state index in [1.54, 1.807) is 24.3 Å². The molecule has 2 aromatic carbocycles. The minimum Gasteiger partial charge on any atom is -0.398 e. The van der Waals surface area contributed by atoms with Gasteiger partial charge in [0.25, 0.3) is 0 Å². The Hall–Kier alpha value is -1.27. The Morgan fingerprint density at radius 1 is 1.16 bits per heavy atom. The van der Waals surface area contributed by atoms with Gasteiger partial charge in [0.05, 0.1) is 25.9 Å². The number of hydrogen-bond donors (Lipinski definition) is 1. The molecule has 0 saturated carbocycles. The molecule has 2 aromatic rings. The van der Waals surface area contributed by atoms with Gasteiger partial charge in [-0.2, -0.15) is 0 Å². The molecule has 2 rings (SSSR count). The summed E-state index contributed by atoms with van der Waals surface area (Å²) in [4.78, 5) is 0.376. The second-order valence-corrected chi connectivity index (χ2v) is 6.12. The van der Waals surface area contributed by atoms with Crippen LogP contribution >= 0.6 is 15.9 Å². The second-order valence-electron chi connectivity index (χ2n) is 3.85. The molecule has 1 atom stereocenters. The summed E-state index contributed by atoms with van der Waals surface area (Å²) in [5.41, 5.74) is 5.82. The van der Waals surface area contributed by atoms with Crippen LogP contribution in [0.25, 0.3) is 0 Å². The fourth-order valence-corrected chi connectivity index (χ4v) is 3.21. The number of nitrogens with two attached hydrogens (primary N) is 1. The molecule has 0 heterocycles. The third-order valence-electron chi connectivity index (χ3n) is 2.58. The van der Waals surface area contributed by atoms with Crippen LogP contribution in [0.2, 0.25) is 0 Å². The van der Waals surface area contributed by atoms with Crippen LogP contribution in [-0.2, 0) is 16.6 Å². The molecule has 0 aliphatic heterocycles. The largest absolute Gasteiger partial charge is 0.398 e. The summed E-state index contributed by atoms with van der Waals surface area (Å²) in [5, 5.41) is 0. The van der Waals surface area contributed by atoms with E-state index in [1.807, 2.05) is 0 Å². The minimum atomic E-state index is -1.60. The molecule has 19 heavy (non-hydrogen) atoms. The molecule has 0 bridgehead atoms. The second kappa shape index (κ2) is 5.79. The quantitative estimate of drug-likeness (QED) is 0.681. The molecule has 0 aliphatic rings. The van der Waals surface area contributed by atoms with Crippen molar-refractivity contribution in [3.8, 4) is 0 Å². The lowest BCUT2D eigenvalue weighted by Gasteiger charge is -2.08. The molecule has 6 heteroatoms. The van der Waals surface area contributed by atoms with Gasteiger partial charge in [0.1, 0.15) is 11.6 Å². The first-order valence-electron chi connectivity index (χ1n) is 5.36. The van der Waals surface area contributed by atoms with Crippen LogP contribution < -0.4 is 5.73 Å². The van der Waals surface area contributed by atoms with Gasteiger partial charge in [-0.15, -0.1) is 0 Å². The monoisotopic (exact) mass is 345 g/mol. The molecule has 0 amide bonds. The van der Waals surface area contributed by atoms with Crippen molar-refractivity contribution in [2.24, 2.45) is 0 Å². The molecular weight excluding hydrogens is 336 g/mol. The summed E-state index contributed by atoms with van der Waals surface area (Å²) in [5.74, 6) is -1.71. The fourth-order valence-electron chi connectivity index (χ4n) is 1.60. The zero-order chi connectivity index (χ0) is 14.0. The fraction of sp³-hybridized carbons (Fsp3) is 0.0769. The standard InChI is InChI=1S/C13H10BrF2NOS/c14-9-5-6-10(15)8(13(9)16)7-19(18)12-4-2-1-3-11(12)17/h1-6H,7,17H2. The maximum Gasteiger partial charge on any atom is 0.144 e. The van der Waals surface area contributed by atoms with Crippen LogP contribution in [0.5, 0.6) is 0 Å². The highest BCUT2D eigenvalue weighted by Gasteiger charge is 2.17. The molecule has 0 spiro atoms. The van der Waals surface area contributed by atoms with Crippen molar-refractivity contribution in [1.82, 2.24) is 0 Å². The Bertz CT molecular complexity index is 649. The number of anilines is 1. The molecule has 0 radical (unpaired) electrons. The summed E-state index contributed by atoms with van der Waals surface area (Å²) in [7, 11) is -1.60. The first-order valence-corrected chi connectivity index (χ1v) is 7.47. The summed E-state index contributed by atoms with van der Waals surface area (Å²) in [6.45, 7) is 0. The molecule has 2 N–H and O–H groups in total. The van der Waals surface area contributed by atoms with Gasteiger partial charge in [-0.3, -0.25) is 4.21 Å². The minimum absolute atomic E-state index is 0.141. The number of hydrogen-bond acceptors (Lipinski definition) is 2. The predicted molar refractivity (Wildman–Crippen MR) is 75.0 cm³/mol. The first-order chi connectivity index (χ1) is 9.00. The van der Waals surface area contributed by atoms with Crippen LogP contribution in [0.15, 0.2) is 45.8 Å². The smallest absolute Gasteiger partial charge is 0.144 e. The predicted octanol–water partition coefficient (Wildman–Crippen LogP) is 3.62. The summed E-state index contributed by atoms with van der Waals surface area (Å²) < 4.78 is 39.6. The number of benzene rings is 2. The molecule has 0 saturated heterocycles. The molecule has 0 aromatic heterocycles. The number of para-hydroxylation sites is 1. The Morgan fingerprint density at radius 3 is 2.53 bits per heavy atom. The molecule has 0 aliphatic carbocycles. The van der Waals surface area contributed by atoms with E-state index in [4.69, 9.17) is 5.73 Å². The number of nitrogen functional groups attached to an aromatic ring is 1. The zero-order valence-corrected chi connectivity index (χ0v) is 12.1. The summed E-state index contributed by atoms with van der Waals surface area (Å²) >= 11 is 2.98. The van der Waals surface area contributed by atoms with Crippen LogP contribution in [0.1, 0.15) is 5.56 Å². The first kappa shape index (κ1) is 14.1. The van der Waals surface area contributed by atoms with Crippen LogP contribution in [-0.4, -0.2) is 4.21 Å². The van der Waals surface area contributed by atoms with Gasteiger partial charge in [0.2, 0.25) is 0 Å². The van der Waals surface area contributed by atoms with Crippen LogP contribution in [0.3, 0.4) is 0 Å². The van der Waals surface area contributed by atoms with E-state index >= 15 is 0 Å². The van der Waals surface area contributed by atoms with Gasteiger partial charge < -0.3 is 5.73 Å². The van der Waals surface area contributed by atoms with Crippen molar-refractivity contribution in [3.63, 3.8) is 0 Å². The Morgan fingerprint density at radius 2 is 1.84 bits per heavy atom. The highest BCUT2D eigenvalue weighted by atomic mass is 79.9. The summed E-state index contributed by atoms with van der Waals surface area (Å²) in [6.07, 6.45) is 0. The normalized spacial score (nSPS) is 12.4. The maximum absolute atomic E-state index is 13.8. The lowest BCUT2D eigenvalue weighted by Crippen LogP contribution is -2.04. The van der Waals surface area contributed by atoms with Crippen molar-refractivity contribution < 1.29 is 13.0 Å². The summed E-state index contributed by atoms with van der Waals surface area (Å²) in [6, 6.07) is 8.97. The molecule has 1 unspecified atom stereocenters. The number of rotatable bonds is 3. The average molecular weight is 346 g/mol. The number of halogens is 3. The topological polar surface area (TPSA) is 43.1 Å². The van der Waals surface area contributed by atoms with E-state index in [1.165, 1.54) is 6.07 Å². The molecule has 2 nitrogen and oxygen atoms in total. The average Bonchev–Trinajstić information content (AvgIpc) is 2.39. The van der Waals surface area contributed by atoms with E-state index < -0.39 is 22.4 Å². The van der Waals surface area contributed by atoms with Gasteiger partial charge in [0.15, 0.2) is 0 Å². The van der Waals surface area contributed by atoms with E-state index in [-0.39, 0.29) is 15.8 Å². The third-order valence-corrected chi connectivity index (χ3v) is 4.60. The zero-order valence-electron chi connectivity index (χ0n) is 9.70. The molecule has 100 valence electrons. The maximum atomic E-state index is 13.8. The third kappa shape index (κ3) is 3.01. The lowest BCUT2D eigenvalue weighted by atomic mass is 10.2. The van der Waals surface area contributed by atoms with E-state index in [0.29, 0.717) is 10.6 Å². The van der Waals surface area contributed by atoms with Crippen LogP contribution in [0, 0.1) is 11.6 Å². The molecular formula is C13H10BrF2NOS. The van der Waals surface area contributed by atoms with Gasteiger partial charge >= 0.3 is 0 Å². The van der Waals surface area contributed by atoms with Gasteiger partial charge in [-0.1, -0.05) is 12.1 Å². The van der Waals surface area contributed by atoms with E-state index in [2.05, 4.69) is 15.9 Å². The van der Waals surface area contributed by atoms with Crippen LogP contribution in [0.4, 0.5) is 14.5 Å². The Labute approximate surface area is 120 Å². The van der Waals surface area contributed by atoms with Crippen molar-refractivity contribution in [1.29, 1.82) is 0 Å². The Kier molecular flexibility index (Phi) is 4.31. The van der Waals surface area contributed by atoms with Crippen molar-refractivity contribution in [2.75, 3.05) is 5.73 Å². The van der Waals surface area contributed by atoms with E-state index in [0.717, 1.165) is 6.07 Å². The lowest BCUT2D eigenvalue weighted by molar-refractivity contribution is 0.560. The van der Waals surface area contributed by atoms with E-state index in [9.17, 15) is 13.0 Å². The van der Waals surface area contributed by atoms with Crippen molar-refractivity contribution in [3.05, 3.63) is 58.1 Å². The highest BCUT2D eigenvalue weighted by molar-refractivity contribution is 9.10. The van der Waals surface area contributed by atoms with Crippen molar-refractivity contribution in [2.45, 2.75) is 10.6 Å². The highest BCUT2D eigenvalue weighted by Crippen LogP contribution is 2.25. The Balaban J connectivity index is 2.35.